The van der Waals surface area contributed by atoms with Gasteiger partial charge in [-0.1, -0.05) is 18.3 Å². The van der Waals surface area contributed by atoms with Gasteiger partial charge in [0.15, 0.2) is 0 Å². The van der Waals surface area contributed by atoms with Crippen molar-refractivity contribution in [1.29, 1.82) is 0 Å². The van der Waals surface area contributed by atoms with Crippen LogP contribution in [0.3, 0.4) is 0 Å². The lowest BCUT2D eigenvalue weighted by molar-refractivity contribution is 0.345. The number of nitrogens with zero attached hydrogens (tertiary/aromatic N) is 1. The molecule has 0 bridgehead atoms. The van der Waals surface area contributed by atoms with Gasteiger partial charge in [0.25, 0.3) is 0 Å². The maximum Gasteiger partial charge on any atom is 0.0588 e. The Bertz CT molecular complexity index is 148. The van der Waals surface area contributed by atoms with Gasteiger partial charge in [0, 0.05) is 6.54 Å². The number of likely N-dealkylation sites (tertiary alicyclic amines) is 1. The highest BCUT2D eigenvalue weighted by molar-refractivity contribution is 6.63. The van der Waals surface area contributed by atoms with Gasteiger partial charge in [-0.05, 0) is 32.4 Å². The predicted molar refractivity (Wildman–Crippen MR) is 58.3 cm³/mol. The Morgan fingerprint density at radius 2 is 1.92 bits per heavy atom. The first-order chi connectivity index (χ1) is 5.70. The molecular formula is C10H21NSi. The minimum atomic E-state index is -0.546. The van der Waals surface area contributed by atoms with Crippen LogP contribution in [0, 0.1) is 0 Å². The van der Waals surface area contributed by atoms with Crippen LogP contribution in [0.1, 0.15) is 19.3 Å². The third-order valence-electron chi connectivity index (χ3n) is 2.76. The Labute approximate surface area is 78.1 Å². The van der Waals surface area contributed by atoms with Crippen LogP contribution in [-0.4, -0.2) is 33.3 Å². The summed E-state index contributed by atoms with van der Waals surface area (Å²) in [5, 5.41) is 1.54. The highest BCUT2D eigenvalue weighted by Crippen LogP contribution is 2.10. The molecule has 0 aromatic heterocycles. The first-order valence-corrected chi connectivity index (χ1v) is 7.99. The lowest BCUT2D eigenvalue weighted by atomic mass is 10.4. The monoisotopic (exact) mass is 183 g/mol. The van der Waals surface area contributed by atoms with Gasteiger partial charge in [-0.2, -0.15) is 0 Å². The summed E-state index contributed by atoms with van der Waals surface area (Å²) in [7, 11) is -0.546. The zero-order valence-corrected chi connectivity index (χ0v) is 9.63. The summed E-state index contributed by atoms with van der Waals surface area (Å²) >= 11 is 0. The van der Waals surface area contributed by atoms with Crippen molar-refractivity contribution in [2.45, 2.75) is 32.4 Å². The van der Waals surface area contributed by atoms with Gasteiger partial charge in [-0.25, -0.2) is 0 Å². The van der Waals surface area contributed by atoms with E-state index in [1.165, 1.54) is 38.9 Å². The molecule has 2 heteroatoms. The van der Waals surface area contributed by atoms with Gasteiger partial charge < -0.3 is 4.90 Å². The maximum absolute atomic E-state index is 4.15. The number of rotatable bonds is 4. The molecule has 1 fully saturated rings. The summed E-state index contributed by atoms with van der Waals surface area (Å²) in [6, 6.07) is 0. The van der Waals surface area contributed by atoms with E-state index in [4.69, 9.17) is 0 Å². The third-order valence-corrected chi connectivity index (χ3v) is 4.69. The Morgan fingerprint density at radius 1 is 1.33 bits per heavy atom. The second kappa shape index (κ2) is 4.82. The minimum absolute atomic E-state index is 0.546. The molecule has 12 heavy (non-hydrogen) atoms. The average Bonchev–Trinajstić information content (AvgIpc) is 2.51. The van der Waals surface area contributed by atoms with Crippen LogP contribution in [0.2, 0.25) is 13.1 Å². The maximum atomic E-state index is 4.15. The SMILES string of the molecule is C=C(CCN1CCCC1)[SiH](C)C. The molecule has 0 aromatic carbocycles. The van der Waals surface area contributed by atoms with Gasteiger partial charge in [0.05, 0.1) is 8.80 Å². The highest BCUT2D eigenvalue weighted by atomic mass is 28.3. The van der Waals surface area contributed by atoms with Crippen LogP contribution in [-0.2, 0) is 0 Å². The molecule has 0 spiro atoms. The highest BCUT2D eigenvalue weighted by Gasteiger charge is 2.11. The summed E-state index contributed by atoms with van der Waals surface area (Å²) in [5.41, 5.74) is 0. The molecule has 1 nitrogen and oxygen atoms in total. The summed E-state index contributed by atoms with van der Waals surface area (Å²) in [4.78, 5) is 2.57. The molecule has 0 radical (unpaired) electrons. The average molecular weight is 183 g/mol. The predicted octanol–water partition coefficient (Wildman–Crippen LogP) is 2.05. The Balaban J connectivity index is 2.12. The largest absolute Gasteiger partial charge is 0.303 e. The molecule has 0 amide bonds. The Kier molecular flexibility index (Phi) is 4.02. The van der Waals surface area contributed by atoms with Crippen LogP contribution in [0.5, 0.6) is 0 Å². The van der Waals surface area contributed by atoms with Crippen molar-refractivity contribution in [2.75, 3.05) is 19.6 Å². The van der Waals surface area contributed by atoms with Crippen molar-refractivity contribution in [3.05, 3.63) is 11.8 Å². The summed E-state index contributed by atoms with van der Waals surface area (Å²) in [5.74, 6) is 0. The topological polar surface area (TPSA) is 3.24 Å². The summed E-state index contributed by atoms with van der Waals surface area (Å²) < 4.78 is 0. The fraction of sp³-hybridized carbons (Fsp3) is 0.800. The smallest absolute Gasteiger partial charge is 0.0588 e. The number of hydrogen-bond acceptors (Lipinski definition) is 1. The molecule has 1 aliphatic heterocycles. The Hall–Kier alpha value is -0.0831. The molecule has 1 heterocycles. The standard InChI is InChI=1S/C10H21NSi/c1-10(12(2)3)6-9-11-7-4-5-8-11/h12H,1,4-9H2,2-3H3. The first-order valence-electron chi connectivity index (χ1n) is 5.10. The van der Waals surface area contributed by atoms with E-state index in [0.29, 0.717) is 0 Å². The van der Waals surface area contributed by atoms with E-state index < -0.39 is 8.80 Å². The molecule has 1 saturated heterocycles. The van der Waals surface area contributed by atoms with E-state index in [0.717, 1.165) is 0 Å². The van der Waals surface area contributed by atoms with Gasteiger partial charge in [-0.3, -0.25) is 0 Å². The molecule has 1 rings (SSSR count). The lowest BCUT2D eigenvalue weighted by Gasteiger charge is -2.16. The van der Waals surface area contributed by atoms with Crippen LogP contribution in [0.25, 0.3) is 0 Å². The fourth-order valence-electron chi connectivity index (χ4n) is 1.60. The lowest BCUT2D eigenvalue weighted by Crippen LogP contribution is -2.22. The third kappa shape index (κ3) is 3.11. The zero-order chi connectivity index (χ0) is 8.97. The van der Waals surface area contributed by atoms with Gasteiger partial charge in [0.1, 0.15) is 0 Å². The molecule has 0 N–H and O–H groups in total. The molecule has 1 aliphatic rings. The summed E-state index contributed by atoms with van der Waals surface area (Å²) in [6.45, 7) is 12.8. The van der Waals surface area contributed by atoms with Crippen molar-refractivity contribution in [1.82, 2.24) is 4.90 Å². The van der Waals surface area contributed by atoms with Crippen LogP contribution < -0.4 is 0 Å². The fourth-order valence-corrected chi connectivity index (χ4v) is 2.30. The zero-order valence-electron chi connectivity index (χ0n) is 8.47. The normalized spacial score (nSPS) is 18.9. The molecule has 0 aliphatic carbocycles. The van der Waals surface area contributed by atoms with Crippen molar-refractivity contribution < 1.29 is 0 Å². The molecule has 0 saturated carbocycles. The number of hydrogen-bond donors (Lipinski definition) is 0. The van der Waals surface area contributed by atoms with E-state index in [9.17, 15) is 0 Å². The van der Waals surface area contributed by atoms with Crippen molar-refractivity contribution >= 4 is 8.80 Å². The minimum Gasteiger partial charge on any atom is -0.303 e. The summed E-state index contributed by atoms with van der Waals surface area (Å²) in [6.07, 6.45) is 4.07. The molecule has 0 unspecified atom stereocenters. The van der Waals surface area contributed by atoms with Gasteiger partial charge in [0.2, 0.25) is 0 Å². The first kappa shape index (κ1) is 10.0. The van der Waals surface area contributed by atoms with Gasteiger partial charge >= 0.3 is 0 Å². The van der Waals surface area contributed by atoms with Crippen LogP contribution >= 0.6 is 0 Å². The van der Waals surface area contributed by atoms with Crippen molar-refractivity contribution in [3.63, 3.8) is 0 Å². The van der Waals surface area contributed by atoms with Crippen LogP contribution in [0.15, 0.2) is 11.8 Å². The van der Waals surface area contributed by atoms with Gasteiger partial charge in [-0.15, -0.1) is 6.58 Å². The van der Waals surface area contributed by atoms with E-state index in [1.807, 2.05) is 0 Å². The van der Waals surface area contributed by atoms with E-state index in [-0.39, 0.29) is 0 Å². The van der Waals surface area contributed by atoms with E-state index in [2.05, 4.69) is 24.6 Å². The quantitative estimate of drug-likeness (QED) is 0.603. The van der Waals surface area contributed by atoms with Crippen molar-refractivity contribution in [2.24, 2.45) is 0 Å². The van der Waals surface area contributed by atoms with E-state index in [1.54, 1.807) is 5.20 Å². The molecule has 0 aromatic rings. The van der Waals surface area contributed by atoms with Crippen LogP contribution in [0.4, 0.5) is 0 Å². The molecular weight excluding hydrogens is 162 g/mol. The van der Waals surface area contributed by atoms with E-state index >= 15 is 0 Å². The molecule has 70 valence electrons. The Morgan fingerprint density at radius 3 is 2.42 bits per heavy atom. The second-order valence-corrected chi connectivity index (χ2v) is 7.24. The second-order valence-electron chi connectivity index (χ2n) is 4.11. The van der Waals surface area contributed by atoms with Crippen molar-refractivity contribution in [3.8, 4) is 0 Å². The molecule has 0 atom stereocenters.